The molecule has 1 heterocycles. The minimum Gasteiger partial charge on any atom is -0.465 e. The molecule has 0 aromatic heterocycles. The summed E-state index contributed by atoms with van der Waals surface area (Å²) in [6, 6.07) is -0.235. The van der Waals surface area contributed by atoms with Crippen LogP contribution in [-0.2, 0) is 4.79 Å². The lowest BCUT2D eigenvalue weighted by Gasteiger charge is -2.24. The van der Waals surface area contributed by atoms with Crippen molar-refractivity contribution < 1.29 is 14.7 Å². The zero-order valence-corrected chi connectivity index (χ0v) is 11.9. The first-order chi connectivity index (χ1) is 9.50. The molecule has 0 bridgehead atoms. The summed E-state index contributed by atoms with van der Waals surface area (Å²) < 4.78 is 0. The SMILES string of the molecule is CN(C)C=C1C(=O)N(C(=O)O)[C@@H]2C3=C(CCCC3)C[C@H]12. The average molecular weight is 276 g/mol. The highest BCUT2D eigenvalue weighted by Crippen LogP contribution is 2.49. The number of rotatable bonds is 1. The molecule has 1 N–H and O–H groups in total. The van der Waals surface area contributed by atoms with E-state index in [1.165, 1.54) is 17.6 Å². The Morgan fingerprint density at radius 2 is 2.05 bits per heavy atom. The zero-order chi connectivity index (χ0) is 14.4. The van der Waals surface area contributed by atoms with E-state index in [-0.39, 0.29) is 17.9 Å². The molecule has 2 atom stereocenters. The molecule has 3 rings (SSSR count). The Labute approximate surface area is 118 Å². The number of carbonyl (C=O) groups excluding carboxylic acids is 1. The predicted octanol–water partition coefficient (Wildman–Crippen LogP) is 2.21. The van der Waals surface area contributed by atoms with Gasteiger partial charge in [0.05, 0.1) is 6.04 Å². The number of imide groups is 1. The molecule has 0 radical (unpaired) electrons. The number of carbonyl (C=O) groups is 2. The Bertz CT molecular complexity index is 533. The second-order valence-corrected chi connectivity index (χ2v) is 6.10. The number of allylic oxidation sites excluding steroid dienone is 1. The third-order valence-corrected chi connectivity index (χ3v) is 4.58. The molecular formula is C15H20N2O3. The van der Waals surface area contributed by atoms with Crippen LogP contribution >= 0.6 is 0 Å². The van der Waals surface area contributed by atoms with E-state index in [4.69, 9.17) is 0 Å². The van der Waals surface area contributed by atoms with Crippen LogP contribution in [0.3, 0.4) is 0 Å². The van der Waals surface area contributed by atoms with Gasteiger partial charge >= 0.3 is 6.09 Å². The van der Waals surface area contributed by atoms with Gasteiger partial charge in [0.25, 0.3) is 5.91 Å². The molecule has 0 aromatic carbocycles. The Balaban J connectivity index is 2.03. The van der Waals surface area contributed by atoms with E-state index in [1.54, 1.807) is 6.20 Å². The number of carboxylic acid groups (broad SMARTS) is 1. The van der Waals surface area contributed by atoms with Gasteiger partial charge in [0.15, 0.2) is 0 Å². The summed E-state index contributed by atoms with van der Waals surface area (Å²) >= 11 is 0. The number of nitrogens with zero attached hydrogens (tertiary/aromatic N) is 2. The summed E-state index contributed by atoms with van der Waals surface area (Å²) in [6.45, 7) is 0. The first-order valence-corrected chi connectivity index (χ1v) is 7.16. The van der Waals surface area contributed by atoms with E-state index in [1.807, 2.05) is 19.0 Å². The van der Waals surface area contributed by atoms with Crippen molar-refractivity contribution in [1.82, 2.24) is 9.80 Å². The van der Waals surface area contributed by atoms with E-state index in [0.29, 0.717) is 5.57 Å². The van der Waals surface area contributed by atoms with Crippen LogP contribution in [0.1, 0.15) is 32.1 Å². The predicted molar refractivity (Wildman–Crippen MR) is 74.0 cm³/mol. The maximum Gasteiger partial charge on any atom is 0.414 e. The van der Waals surface area contributed by atoms with Crippen LogP contribution in [0.5, 0.6) is 0 Å². The average Bonchev–Trinajstić information content (AvgIpc) is 2.86. The Kier molecular flexibility index (Phi) is 3.07. The summed E-state index contributed by atoms with van der Waals surface area (Å²) in [6.07, 6.45) is 5.84. The lowest BCUT2D eigenvalue weighted by molar-refractivity contribution is -0.123. The molecule has 0 spiro atoms. The first-order valence-electron chi connectivity index (χ1n) is 7.16. The standard InChI is InChI=1S/C15H20N2O3/c1-16(2)8-12-11-7-9-5-3-4-6-10(9)13(11)17(14(12)18)15(19)20/h8,11,13H,3-7H2,1-2H3,(H,19,20)/t11-,13-/m1/s1. The lowest BCUT2D eigenvalue weighted by atomic mass is 9.92. The minimum atomic E-state index is -1.12. The molecule has 108 valence electrons. The van der Waals surface area contributed by atoms with E-state index in [9.17, 15) is 14.7 Å². The number of likely N-dealkylation sites (tertiary alicyclic amines) is 1. The second kappa shape index (κ2) is 4.65. The summed E-state index contributed by atoms with van der Waals surface area (Å²) in [7, 11) is 3.72. The third-order valence-electron chi connectivity index (χ3n) is 4.58. The quantitative estimate of drug-likeness (QED) is 0.589. The second-order valence-electron chi connectivity index (χ2n) is 6.10. The first kappa shape index (κ1) is 13.2. The molecule has 5 heteroatoms. The number of hydrogen-bond acceptors (Lipinski definition) is 3. The molecule has 2 amide bonds. The van der Waals surface area contributed by atoms with Crippen LogP contribution in [0.2, 0.25) is 0 Å². The van der Waals surface area contributed by atoms with Crippen molar-refractivity contribution in [2.75, 3.05) is 14.1 Å². The van der Waals surface area contributed by atoms with Crippen molar-refractivity contribution in [2.24, 2.45) is 5.92 Å². The summed E-state index contributed by atoms with van der Waals surface area (Å²) in [5.74, 6) is -0.303. The Morgan fingerprint density at radius 1 is 1.35 bits per heavy atom. The van der Waals surface area contributed by atoms with Crippen molar-refractivity contribution in [1.29, 1.82) is 0 Å². The molecule has 5 nitrogen and oxygen atoms in total. The highest BCUT2D eigenvalue weighted by Gasteiger charge is 2.52. The number of fused-ring (bicyclic) bond motifs is 2. The van der Waals surface area contributed by atoms with Gasteiger partial charge in [0, 0.05) is 31.8 Å². The maximum atomic E-state index is 12.4. The topological polar surface area (TPSA) is 60.9 Å². The zero-order valence-electron chi connectivity index (χ0n) is 11.9. The smallest absolute Gasteiger partial charge is 0.414 e. The lowest BCUT2D eigenvalue weighted by Crippen LogP contribution is -2.39. The van der Waals surface area contributed by atoms with Crippen molar-refractivity contribution in [3.05, 3.63) is 22.9 Å². The van der Waals surface area contributed by atoms with Crippen molar-refractivity contribution in [2.45, 2.75) is 38.1 Å². The van der Waals surface area contributed by atoms with Gasteiger partial charge in [-0.15, -0.1) is 0 Å². The molecular weight excluding hydrogens is 256 g/mol. The summed E-state index contributed by atoms with van der Waals surface area (Å²) in [5.41, 5.74) is 3.27. The van der Waals surface area contributed by atoms with E-state index in [0.717, 1.165) is 30.6 Å². The highest BCUT2D eigenvalue weighted by molar-refractivity contribution is 6.06. The maximum absolute atomic E-state index is 12.4. The molecule has 20 heavy (non-hydrogen) atoms. The van der Waals surface area contributed by atoms with Crippen LogP contribution in [-0.4, -0.2) is 47.0 Å². The van der Waals surface area contributed by atoms with E-state index >= 15 is 0 Å². The molecule has 1 saturated heterocycles. The van der Waals surface area contributed by atoms with Gasteiger partial charge in [-0.25, -0.2) is 9.69 Å². The molecule has 0 saturated carbocycles. The van der Waals surface area contributed by atoms with Gasteiger partial charge in [-0.2, -0.15) is 0 Å². The van der Waals surface area contributed by atoms with E-state index in [2.05, 4.69) is 0 Å². The number of hydrogen-bond donors (Lipinski definition) is 1. The molecule has 1 fully saturated rings. The fourth-order valence-electron chi connectivity index (χ4n) is 3.88. The molecule has 0 aromatic rings. The van der Waals surface area contributed by atoms with Crippen molar-refractivity contribution in [3.8, 4) is 0 Å². The number of amides is 2. The van der Waals surface area contributed by atoms with Crippen LogP contribution in [0.15, 0.2) is 22.9 Å². The van der Waals surface area contributed by atoms with Crippen LogP contribution in [0.4, 0.5) is 4.79 Å². The highest BCUT2D eigenvalue weighted by atomic mass is 16.4. The van der Waals surface area contributed by atoms with Gasteiger partial charge < -0.3 is 10.0 Å². The van der Waals surface area contributed by atoms with Crippen molar-refractivity contribution >= 4 is 12.0 Å². The molecule has 2 aliphatic carbocycles. The summed E-state index contributed by atoms with van der Waals surface area (Å²) in [4.78, 5) is 26.8. The third kappa shape index (κ3) is 1.84. The minimum absolute atomic E-state index is 0.0316. The van der Waals surface area contributed by atoms with Crippen LogP contribution < -0.4 is 0 Å². The normalized spacial score (nSPS) is 30.8. The Hall–Kier alpha value is -1.78. The van der Waals surface area contributed by atoms with Crippen LogP contribution in [0, 0.1) is 5.92 Å². The van der Waals surface area contributed by atoms with Crippen molar-refractivity contribution in [3.63, 3.8) is 0 Å². The molecule has 3 aliphatic rings. The summed E-state index contributed by atoms with van der Waals surface area (Å²) in [5, 5.41) is 9.41. The molecule has 0 unspecified atom stereocenters. The monoisotopic (exact) mass is 276 g/mol. The fraction of sp³-hybridized carbons (Fsp3) is 0.600. The van der Waals surface area contributed by atoms with E-state index < -0.39 is 6.09 Å². The van der Waals surface area contributed by atoms with Gasteiger partial charge in [-0.3, -0.25) is 4.79 Å². The molecule has 1 aliphatic heterocycles. The van der Waals surface area contributed by atoms with Gasteiger partial charge in [0.2, 0.25) is 0 Å². The van der Waals surface area contributed by atoms with Gasteiger partial charge in [0.1, 0.15) is 0 Å². The van der Waals surface area contributed by atoms with Gasteiger partial charge in [-0.05, 0) is 37.7 Å². The fourth-order valence-corrected chi connectivity index (χ4v) is 3.88. The van der Waals surface area contributed by atoms with Crippen LogP contribution in [0.25, 0.3) is 0 Å². The largest absolute Gasteiger partial charge is 0.465 e. The van der Waals surface area contributed by atoms with Gasteiger partial charge in [-0.1, -0.05) is 5.57 Å². The Morgan fingerprint density at radius 3 is 2.70 bits per heavy atom.